The Morgan fingerprint density at radius 2 is 2.06 bits per heavy atom. The van der Waals surface area contributed by atoms with E-state index in [4.69, 9.17) is 4.74 Å². The summed E-state index contributed by atoms with van der Waals surface area (Å²) in [6.45, 7) is 1.59. The van der Waals surface area contributed by atoms with Crippen LogP contribution in [0, 0.1) is 5.82 Å². The maximum Gasteiger partial charge on any atom is 0.305 e. The van der Waals surface area contributed by atoms with Gasteiger partial charge in [-0.15, -0.1) is 0 Å². The van der Waals surface area contributed by atoms with Crippen LogP contribution in [0.4, 0.5) is 4.39 Å². The molecule has 0 aromatic heterocycles. The van der Waals surface area contributed by atoms with Gasteiger partial charge in [0.2, 0.25) is 0 Å². The van der Waals surface area contributed by atoms with E-state index in [-0.39, 0.29) is 30.3 Å². The molecule has 0 radical (unpaired) electrons. The fourth-order valence-electron chi connectivity index (χ4n) is 1.38. The highest BCUT2D eigenvalue weighted by Gasteiger charge is 2.08. The standard InChI is InChI=1S/C13H15FO4/c1-9(15)11-6-5-10(8-12(11)14)18-7-3-4-13(16)17-2/h5-6,8H,3-4,7H2,1-2H3. The summed E-state index contributed by atoms with van der Waals surface area (Å²) < 4.78 is 23.1. The van der Waals surface area contributed by atoms with E-state index in [0.29, 0.717) is 12.2 Å². The topological polar surface area (TPSA) is 52.6 Å². The molecule has 4 nitrogen and oxygen atoms in total. The van der Waals surface area contributed by atoms with Crippen molar-refractivity contribution in [2.45, 2.75) is 19.8 Å². The van der Waals surface area contributed by atoms with Gasteiger partial charge in [-0.05, 0) is 25.5 Å². The number of carbonyl (C=O) groups is 2. The molecule has 0 fully saturated rings. The smallest absolute Gasteiger partial charge is 0.305 e. The summed E-state index contributed by atoms with van der Waals surface area (Å²) in [5, 5.41) is 0. The zero-order valence-corrected chi connectivity index (χ0v) is 10.4. The van der Waals surface area contributed by atoms with Crippen molar-refractivity contribution < 1.29 is 23.5 Å². The molecule has 1 aromatic carbocycles. The molecule has 0 saturated carbocycles. The van der Waals surface area contributed by atoms with E-state index in [0.717, 1.165) is 6.07 Å². The Morgan fingerprint density at radius 3 is 2.61 bits per heavy atom. The van der Waals surface area contributed by atoms with E-state index in [9.17, 15) is 14.0 Å². The zero-order valence-electron chi connectivity index (χ0n) is 10.4. The van der Waals surface area contributed by atoms with Gasteiger partial charge in [0, 0.05) is 12.5 Å². The molecular weight excluding hydrogens is 239 g/mol. The van der Waals surface area contributed by atoms with Crippen LogP contribution in [0.3, 0.4) is 0 Å². The molecule has 1 aromatic rings. The second kappa shape index (κ2) is 6.74. The number of halogens is 1. The first kappa shape index (κ1) is 14.2. The van der Waals surface area contributed by atoms with Gasteiger partial charge in [-0.2, -0.15) is 0 Å². The summed E-state index contributed by atoms with van der Waals surface area (Å²) in [4.78, 5) is 21.8. The molecule has 18 heavy (non-hydrogen) atoms. The molecule has 0 aliphatic heterocycles. The maximum absolute atomic E-state index is 13.4. The van der Waals surface area contributed by atoms with Crippen LogP contribution in [0.5, 0.6) is 5.75 Å². The van der Waals surface area contributed by atoms with Gasteiger partial charge in [-0.3, -0.25) is 9.59 Å². The highest BCUT2D eigenvalue weighted by atomic mass is 19.1. The number of ketones is 1. The minimum atomic E-state index is -0.604. The molecule has 0 heterocycles. The van der Waals surface area contributed by atoms with Crippen molar-refractivity contribution in [3.05, 3.63) is 29.6 Å². The fraction of sp³-hybridized carbons (Fsp3) is 0.385. The molecule has 98 valence electrons. The number of hydrogen-bond acceptors (Lipinski definition) is 4. The van der Waals surface area contributed by atoms with Crippen LogP contribution in [-0.4, -0.2) is 25.5 Å². The fourth-order valence-corrected chi connectivity index (χ4v) is 1.38. The van der Waals surface area contributed by atoms with E-state index in [1.807, 2.05) is 0 Å². The van der Waals surface area contributed by atoms with Gasteiger partial charge >= 0.3 is 5.97 Å². The third-order valence-electron chi connectivity index (χ3n) is 2.34. The first-order chi connectivity index (χ1) is 8.54. The van der Waals surface area contributed by atoms with E-state index in [1.54, 1.807) is 0 Å². The van der Waals surface area contributed by atoms with E-state index in [1.165, 1.54) is 26.2 Å². The van der Waals surface area contributed by atoms with E-state index >= 15 is 0 Å². The molecule has 0 spiro atoms. The minimum absolute atomic E-state index is 0.0388. The summed E-state index contributed by atoms with van der Waals surface area (Å²) >= 11 is 0. The van der Waals surface area contributed by atoms with Gasteiger partial charge < -0.3 is 9.47 Å². The Hall–Kier alpha value is -1.91. The second-order valence-electron chi connectivity index (χ2n) is 3.73. The quantitative estimate of drug-likeness (QED) is 0.444. The molecule has 0 N–H and O–H groups in total. The van der Waals surface area contributed by atoms with Crippen molar-refractivity contribution in [1.82, 2.24) is 0 Å². The van der Waals surface area contributed by atoms with Crippen molar-refractivity contribution in [3.8, 4) is 5.75 Å². The molecular formula is C13H15FO4. The molecule has 0 aliphatic carbocycles. The van der Waals surface area contributed by atoms with Crippen molar-refractivity contribution >= 4 is 11.8 Å². The average Bonchev–Trinajstić information content (AvgIpc) is 2.34. The van der Waals surface area contributed by atoms with Gasteiger partial charge in [-0.25, -0.2) is 4.39 Å². The van der Waals surface area contributed by atoms with E-state index < -0.39 is 5.82 Å². The number of rotatable bonds is 6. The van der Waals surface area contributed by atoms with E-state index in [2.05, 4.69) is 4.74 Å². The molecule has 1 rings (SSSR count). The molecule has 0 aliphatic rings. The Labute approximate surface area is 105 Å². The lowest BCUT2D eigenvalue weighted by Gasteiger charge is -2.07. The van der Waals surface area contributed by atoms with Crippen LogP contribution in [0.2, 0.25) is 0 Å². The van der Waals surface area contributed by atoms with Gasteiger partial charge in [0.1, 0.15) is 11.6 Å². The molecule has 0 atom stereocenters. The zero-order chi connectivity index (χ0) is 13.5. The molecule has 0 unspecified atom stereocenters. The van der Waals surface area contributed by atoms with Crippen LogP contribution in [0.1, 0.15) is 30.1 Å². The number of ether oxygens (including phenoxy) is 2. The highest BCUT2D eigenvalue weighted by molar-refractivity contribution is 5.94. The second-order valence-corrected chi connectivity index (χ2v) is 3.73. The van der Waals surface area contributed by atoms with Crippen LogP contribution in [0.15, 0.2) is 18.2 Å². The normalized spacial score (nSPS) is 9.94. The van der Waals surface area contributed by atoms with Crippen molar-refractivity contribution in [1.29, 1.82) is 0 Å². The predicted octanol–water partition coefficient (Wildman–Crippen LogP) is 2.36. The lowest BCUT2D eigenvalue weighted by Crippen LogP contribution is -2.05. The average molecular weight is 254 g/mol. The Kier molecular flexibility index (Phi) is 5.30. The summed E-state index contributed by atoms with van der Waals surface area (Å²) in [6.07, 6.45) is 0.743. The number of esters is 1. The van der Waals surface area contributed by atoms with Crippen molar-refractivity contribution in [3.63, 3.8) is 0 Å². The van der Waals surface area contributed by atoms with Crippen LogP contribution in [0.25, 0.3) is 0 Å². The molecule has 0 saturated heterocycles. The summed E-state index contributed by atoms with van der Waals surface area (Å²) in [5.41, 5.74) is 0.0388. The number of benzene rings is 1. The summed E-state index contributed by atoms with van der Waals surface area (Å²) in [5.74, 6) is -0.906. The molecule has 0 amide bonds. The molecule has 5 heteroatoms. The van der Waals surface area contributed by atoms with Gasteiger partial charge in [0.15, 0.2) is 5.78 Å². The first-order valence-corrected chi connectivity index (χ1v) is 5.54. The predicted molar refractivity (Wildman–Crippen MR) is 63.1 cm³/mol. The SMILES string of the molecule is COC(=O)CCCOc1ccc(C(C)=O)c(F)c1. The number of carbonyl (C=O) groups excluding carboxylic acids is 2. The number of methoxy groups -OCH3 is 1. The third kappa shape index (κ3) is 4.16. The lowest BCUT2D eigenvalue weighted by molar-refractivity contribution is -0.140. The first-order valence-electron chi connectivity index (χ1n) is 5.54. The van der Waals surface area contributed by atoms with Gasteiger partial charge in [-0.1, -0.05) is 0 Å². The Bertz CT molecular complexity index is 443. The minimum Gasteiger partial charge on any atom is -0.493 e. The van der Waals surface area contributed by atoms with Gasteiger partial charge in [0.25, 0.3) is 0 Å². The Balaban J connectivity index is 2.46. The summed E-state index contributed by atoms with van der Waals surface area (Å²) in [7, 11) is 1.32. The maximum atomic E-state index is 13.4. The monoisotopic (exact) mass is 254 g/mol. The Morgan fingerprint density at radius 1 is 1.33 bits per heavy atom. The van der Waals surface area contributed by atoms with Crippen LogP contribution >= 0.6 is 0 Å². The van der Waals surface area contributed by atoms with Crippen LogP contribution in [-0.2, 0) is 9.53 Å². The molecule has 0 bridgehead atoms. The van der Waals surface area contributed by atoms with Crippen molar-refractivity contribution in [2.75, 3.05) is 13.7 Å². The third-order valence-corrected chi connectivity index (χ3v) is 2.34. The highest BCUT2D eigenvalue weighted by Crippen LogP contribution is 2.17. The number of hydrogen-bond donors (Lipinski definition) is 0. The lowest BCUT2D eigenvalue weighted by atomic mass is 10.1. The summed E-state index contributed by atoms with van der Waals surface area (Å²) in [6, 6.07) is 4.07. The number of Topliss-reactive ketones (excluding diaryl/α,β-unsaturated/α-hetero) is 1. The largest absolute Gasteiger partial charge is 0.493 e. The van der Waals surface area contributed by atoms with Crippen LogP contribution < -0.4 is 4.74 Å². The van der Waals surface area contributed by atoms with Crippen molar-refractivity contribution in [2.24, 2.45) is 0 Å². The van der Waals surface area contributed by atoms with Gasteiger partial charge in [0.05, 0.1) is 19.3 Å².